The molecule has 1 unspecified atom stereocenters. The van der Waals surface area contributed by atoms with E-state index in [1.807, 2.05) is 6.07 Å². The maximum absolute atomic E-state index is 14.0. The van der Waals surface area contributed by atoms with Gasteiger partial charge in [-0.05, 0) is 37.2 Å². The molecule has 1 fully saturated rings. The molecule has 0 saturated carbocycles. The van der Waals surface area contributed by atoms with Crippen molar-refractivity contribution >= 4 is 28.2 Å². The Labute approximate surface area is 184 Å². The zero-order chi connectivity index (χ0) is 21.9. The summed E-state index contributed by atoms with van der Waals surface area (Å²) in [4.78, 5) is 18.1. The van der Waals surface area contributed by atoms with Gasteiger partial charge in [0.25, 0.3) is 0 Å². The Morgan fingerprint density at radius 2 is 2.06 bits per heavy atom. The van der Waals surface area contributed by atoms with Crippen LogP contribution in [0.5, 0.6) is 5.75 Å². The van der Waals surface area contributed by atoms with Crippen LogP contribution in [0, 0.1) is 5.82 Å². The van der Waals surface area contributed by atoms with E-state index in [1.165, 1.54) is 6.07 Å². The molecule has 1 aliphatic heterocycles. The van der Waals surface area contributed by atoms with Crippen LogP contribution in [0.15, 0.2) is 55.0 Å². The standard InChI is InChI=1S/C23H22FN7O/c1-32-19-13-26-12-18-21(19)23(28-15-7-8-25-11-15)31-22(30-18)14-6-9-27-20(10-14)29-17-5-3-2-4-16(17)24/h2-6,9-10,12-13,15,25H,7-8,11H2,1H3,(H,27,29)(H,28,30,31). The van der Waals surface area contributed by atoms with E-state index in [-0.39, 0.29) is 11.9 Å². The number of nitrogens with one attached hydrogen (secondary N) is 3. The van der Waals surface area contributed by atoms with Crippen LogP contribution in [0.4, 0.5) is 21.7 Å². The Balaban J connectivity index is 1.56. The summed E-state index contributed by atoms with van der Waals surface area (Å²) in [6.07, 6.45) is 6.00. The molecule has 3 N–H and O–H groups in total. The van der Waals surface area contributed by atoms with Gasteiger partial charge in [0.1, 0.15) is 23.2 Å². The number of rotatable bonds is 6. The quantitative estimate of drug-likeness (QED) is 0.425. The largest absolute Gasteiger partial charge is 0.494 e. The predicted molar refractivity (Wildman–Crippen MR) is 122 cm³/mol. The first-order chi connectivity index (χ1) is 15.7. The second kappa shape index (κ2) is 8.72. The number of anilines is 3. The number of benzene rings is 1. The lowest BCUT2D eigenvalue weighted by atomic mass is 10.2. The number of hydrogen-bond acceptors (Lipinski definition) is 8. The smallest absolute Gasteiger partial charge is 0.162 e. The number of aromatic nitrogens is 4. The SMILES string of the molecule is COc1cncc2nc(-c3ccnc(Nc4ccccc4F)c3)nc(NC3CCNC3)c12. The minimum Gasteiger partial charge on any atom is -0.494 e. The number of para-hydroxylation sites is 1. The molecule has 0 spiro atoms. The Morgan fingerprint density at radius 1 is 1.16 bits per heavy atom. The maximum atomic E-state index is 14.0. The Morgan fingerprint density at radius 3 is 2.88 bits per heavy atom. The lowest BCUT2D eigenvalue weighted by Gasteiger charge is -2.16. The fourth-order valence-electron chi connectivity index (χ4n) is 3.75. The fourth-order valence-corrected chi connectivity index (χ4v) is 3.75. The monoisotopic (exact) mass is 431 g/mol. The second-order valence-electron chi connectivity index (χ2n) is 7.50. The van der Waals surface area contributed by atoms with Gasteiger partial charge in [-0.25, -0.2) is 19.3 Å². The topological polar surface area (TPSA) is 96.9 Å². The minimum atomic E-state index is -0.350. The highest BCUT2D eigenvalue weighted by Gasteiger charge is 2.20. The van der Waals surface area contributed by atoms with Gasteiger partial charge in [0, 0.05) is 24.3 Å². The highest BCUT2D eigenvalue weighted by molar-refractivity contribution is 5.95. The maximum Gasteiger partial charge on any atom is 0.162 e. The van der Waals surface area contributed by atoms with Gasteiger partial charge in [0.2, 0.25) is 0 Å². The van der Waals surface area contributed by atoms with Gasteiger partial charge in [-0.15, -0.1) is 0 Å². The van der Waals surface area contributed by atoms with E-state index < -0.39 is 0 Å². The van der Waals surface area contributed by atoms with Crippen LogP contribution in [0.2, 0.25) is 0 Å². The third kappa shape index (κ3) is 4.02. The summed E-state index contributed by atoms with van der Waals surface area (Å²) in [5.41, 5.74) is 1.76. The molecule has 3 aromatic heterocycles. The van der Waals surface area contributed by atoms with E-state index >= 15 is 0 Å². The average Bonchev–Trinajstić information content (AvgIpc) is 3.33. The van der Waals surface area contributed by atoms with Crippen molar-refractivity contribution in [1.82, 2.24) is 25.3 Å². The molecule has 1 aliphatic rings. The van der Waals surface area contributed by atoms with Gasteiger partial charge in [0.05, 0.1) is 36.1 Å². The van der Waals surface area contributed by atoms with Gasteiger partial charge in [0.15, 0.2) is 5.82 Å². The molecule has 1 atom stereocenters. The Hall–Kier alpha value is -3.85. The van der Waals surface area contributed by atoms with Gasteiger partial charge >= 0.3 is 0 Å². The normalized spacial score (nSPS) is 15.6. The van der Waals surface area contributed by atoms with Crippen LogP contribution in [0.1, 0.15) is 6.42 Å². The number of ether oxygens (including phenoxy) is 1. The molecule has 1 aromatic carbocycles. The third-order valence-electron chi connectivity index (χ3n) is 5.35. The van der Waals surface area contributed by atoms with Crippen LogP contribution < -0.4 is 20.7 Å². The van der Waals surface area contributed by atoms with E-state index in [0.717, 1.165) is 30.5 Å². The second-order valence-corrected chi connectivity index (χ2v) is 7.50. The molecular weight excluding hydrogens is 409 g/mol. The third-order valence-corrected chi connectivity index (χ3v) is 5.35. The van der Waals surface area contributed by atoms with Crippen molar-refractivity contribution in [1.29, 1.82) is 0 Å². The summed E-state index contributed by atoms with van der Waals surface area (Å²) in [6, 6.07) is 10.3. The molecule has 9 heteroatoms. The first-order valence-corrected chi connectivity index (χ1v) is 10.4. The average molecular weight is 431 g/mol. The molecule has 5 rings (SSSR count). The zero-order valence-electron chi connectivity index (χ0n) is 17.5. The van der Waals surface area contributed by atoms with Gasteiger partial charge in [-0.2, -0.15) is 0 Å². The van der Waals surface area contributed by atoms with Gasteiger partial charge in [-0.1, -0.05) is 12.1 Å². The summed E-state index contributed by atoms with van der Waals surface area (Å²) in [7, 11) is 1.61. The van der Waals surface area contributed by atoms with Crippen LogP contribution in [0.25, 0.3) is 22.3 Å². The Kier molecular flexibility index (Phi) is 5.47. The zero-order valence-corrected chi connectivity index (χ0v) is 17.5. The molecule has 0 aliphatic carbocycles. The number of nitrogens with zero attached hydrogens (tertiary/aromatic N) is 4. The van der Waals surface area contributed by atoms with E-state index in [9.17, 15) is 4.39 Å². The van der Waals surface area contributed by atoms with E-state index in [0.29, 0.717) is 34.4 Å². The lowest BCUT2D eigenvalue weighted by molar-refractivity contribution is 0.418. The van der Waals surface area contributed by atoms with Gasteiger partial charge in [-0.3, -0.25) is 4.98 Å². The summed E-state index contributed by atoms with van der Waals surface area (Å²) in [6.45, 7) is 1.82. The number of hydrogen-bond donors (Lipinski definition) is 3. The molecule has 1 saturated heterocycles. The predicted octanol–water partition coefficient (Wildman–Crippen LogP) is 3.75. The van der Waals surface area contributed by atoms with Crippen LogP contribution >= 0.6 is 0 Å². The van der Waals surface area contributed by atoms with Crippen LogP contribution in [-0.2, 0) is 0 Å². The molecule has 32 heavy (non-hydrogen) atoms. The molecule has 4 heterocycles. The van der Waals surface area contributed by atoms with E-state index in [2.05, 4.69) is 25.9 Å². The molecule has 162 valence electrons. The number of pyridine rings is 2. The Bertz CT molecular complexity index is 1260. The number of fused-ring (bicyclic) bond motifs is 1. The van der Waals surface area contributed by atoms with Crippen molar-refractivity contribution < 1.29 is 9.13 Å². The summed E-state index contributed by atoms with van der Waals surface area (Å²) in [5, 5.41) is 10.7. The van der Waals surface area contributed by atoms with Crippen molar-refractivity contribution in [2.75, 3.05) is 30.8 Å². The summed E-state index contributed by atoms with van der Waals surface area (Å²) in [5.74, 6) is 1.96. The van der Waals surface area contributed by atoms with E-state index in [4.69, 9.17) is 14.7 Å². The molecule has 0 bridgehead atoms. The number of halogens is 1. The summed E-state index contributed by atoms with van der Waals surface area (Å²) >= 11 is 0. The summed E-state index contributed by atoms with van der Waals surface area (Å²) < 4.78 is 19.6. The molecular formula is C23H22FN7O. The minimum absolute atomic E-state index is 0.259. The molecule has 0 radical (unpaired) electrons. The lowest BCUT2D eigenvalue weighted by Crippen LogP contribution is -2.23. The highest BCUT2D eigenvalue weighted by atomic mass is 19.1. The first kappa shape index (κ1) is 20.1. The van der Waals surface area contributed by atoms with Crippen molar-refractivity contribution in [3.8, 4) is 17.1 Å². The van der Waals surface area contributed by atoms with Crippen molar-refractivity contribution in [2.45, 2.75) is 12.5 Å². The fraction of sp³-hybridized carbons (Fsp3) is 0.217. The van der Waals surface area contributed by atoms with Crippen LogP contribution in [0.3, 0.4) is 0 Å². The van der Waals surface area contributed by atoms with Crippen molar-refractivity contribution in [3.63, 3.8) is 0 Å². The van der Waals surface area contributed by atoms with Crippen LogP contribution in [-0.4, -0.2) is 46.2 Å². The van der Waals surface area contributed by atoms with E-state index in [1.54, 1.807) is 50.0 Å². The molecule has 8 nitrogen and oxygen atoms in total. The highest BCUT2D eigenvalue weighted by Crippen LogP contribution is 2.32. The van der Waals surface area contributed by atoms with Crippen molar-refractivity contribution in [3.05, 3.63) is 60.8 Å². The molecule has 0 amide bonds. The first-order valence-electron chi connectivity index (χ1n) is 10.4. The van der Waals surface area contributed by atoms with Gasteiger partial charge < -0.3 is 20.7 Å². The van der Waals surface area contributed by atoms with Crippen molar-refractivity contribution in [2.24, 2.45) is 0 Å². The molecule has 4 aromatic rings. The number of methoxy groups -OCH3 is 1.